The van der Waals surface area contributed by atoms with Crippen LogP contribution in [0.2, 0.25) is 5.02 Å². The van der Waals surface area contributed by atoms with Crippen molar-refractivity contribution in [3.8, 4) is 0 Å². The molecule has 0 radical (unpaired) electrons. The van der Waals surface area contributed by atoms with Crippen molar-refractivity contribution in [1.82, 2.24) is 9.47 Å². The number of amides is 2. The molecule has 3 aromatic rings. The zero-order chi connectivity index (χ0) is 19.7. The Morgan fingerprint density at radius 3 is 2.57 bits per heavy atom. The molecule has 28 heavy (non-hydrogen) atoms. The Morgan fingerprint density at radius 2 is 1.82 bits per heavy atom. The fraction of sp³-hybridized carbons (Fsp3) is 0.182. The van der Waals surface area contributed by atoms with E-state index in [1.807, 2.05) is 36.4 Å². The van der Waals surface area contributed by atoms with Gasteiger partial charge in [0, 0.05) is 34.2 Å². The summed E-state index contributed by atoms with van der Waals surface area (Å²) in [4.78, 5) is 27.0. The Kier molecular flexibility index (Phi) is 5.29. The number of imide groups is 1. The highest BCUT2D eigenvalue weighted by Crippen LogP contribution is 2.35. The van der Waals surface area contributed by atoms with Crippen LogP contribution in [0.25, 0.3) is 17.0 Å². The molecular weight excluding hydrogens is 392 g/mol. The quantitative estimate of drug-likeness (QED) is 0.488. The number of halogens is 1. The van der Waals surface area contributed by atoms with E-state index >= 15 is 0 Å². The molecule has 0 atom stereocenters. The lowest BCUT2D eigenvalue weighted by atomic mass is 10.1. The maximum atomic E-state index is 12.8. The zero-order valence-electron chi connectivity index (χ0n) is 15.4. The Bertz CT molecular complexity index is 1090. The molecule has 0 N–H and O–H groups in total. The number of aromatic nitrogens is 1. The topological polar surface area (TPSA) is 42.3 Å². The first-order valence-electron chi connectivity index (χ1n) is 9.14. The number of fused-ring (bicyclic) bond motifs is 1. The number of rotatable bonds is 5. The fourth-order valence-electron chi connectivity index (χ4n) is 3.37. The summed E-state index contributed by atoms with van der Waals surface area (Å²) < 4.78 is 2.19. The highest BCUT2D eigenvalue weighted by molar-refractivity contribution is 8.18. The first-order valence-corrected chi connectivity index (χ1v) is 10.3. The normalized spacial score (nSPS) is 15.9. The third-order valence-corrected chi connectivity index (χ3v) is 5.86. The van der Waals surface area contributed by atoms with Gasteiger partial charge in [0.05, 0.1) is 11.4 Å². The van der Waals surface area contributed by atoms with E-state index in [2.05, 4.69) is 23.8 Å². The van der Waals surface area contributed by atoms with E-state index in [4.69, 9.17) is 11.6 Å². The highest BCUT2D eigenvalue weighted by atomic mass is 35.5. The third kappa shape index (κ3) is 3.60. The van der Waals surface area contributed by atoms with Crippen molar-refractivity contribution in [3.63, 3.8) is 0 Å². The van der Waals surface area contributed by atoms with Crippen molar-refractivity contribution < 1.29 is 9.59 Å². The van der Waals surface area contributed by atoms with E-state index < -0.39 is 0 Å². The second-order valence-corrected chi connectivity index (χ2v) is 8.12. The molecular formula is C22H19ClN2O2S. The summed E-state index contributed by atoms with van der Waals surface area (Å²) in [6.45, 7) is 3.29. The molecule has 0 bridgehead atoms. The van der Waals surface area contributed by atoms with Gasteiger partial charge in [0.2, 0.25) is 0 Å². The lowest BCUT2D eigenvalue weighted by Crippen LogP contribution is -2.27. The number of carbonyl (C=O) groups is 2. The summed E-state index contributed by atoms with van der Waals surface area (Å²) in [5, 5.41) is 1.46. The molecule has 1 aliphatic heterocycles. The molecule has 6 heteroatoms. The van der Waals surface area contributed by atoms with E-state index in [0.717, 1.165) is 46.8 Å². The van der Waals surface area contributed by atoms with Crippen molar-refractivity contribution in [3.05, 3.63) is 75.8 Å². The first kappa shape index (κ1) is 18.8. The summed E-state index contributed by atoms with van der Waals surface area (Å²) in [6, 6.07) is 15.3. The molecule has 0 unspecified atom stereocenters. The van der Waals surface area contributed by atoms with E-state index in [1.54, 1.807) is 12.1 Å². The molecule has 4 nitrogen and oxygen atoms in total. The smallest absolute Gasteiger partial charge is 0.293 e. The number of carbonyl (C=O) groups excluding carboxylic acids is 2. The van der Waals surface area contributed by atoms with Gasteiger partial charge in [-0.1, -0.05) is 48.9 Å². The third-order valence-electron chi connectivity index (χ3n) is 4.70. The summed E-state index contributed by atoms with van der Waals surface area (Å²) in [5.41, 5.74) is 2.96. The van der Waals surface area contributed by atoms with Crippen LogP contribution in [0, 0.1) is 0 Å². The van der Waals surface area contributed by atoms with Crippen LogP contribution in [0.3, 0.4) is 0 Å². The summed E-state index contributed by atoms with van der Waals surface area (Å²) >= 11 is 6.90. The lowest BCUT2D eigenvalue weighted by Gasteiger charge is -2.12. The molecule has 2 amide bonds. The Balaban J connectivity index is 1.64. The Hall–Kier alpha value is -2.50. The van der Waals surface area contributed by atoms with Crippen molar-refractivity contribution in [2.45, 2.75) is 26.4 Å². The Labute approximate surface area is 172 Å². The van der Waals surface area contributed by atoms with Gasteiger partial charge in [-0.3, -0.25) is 14.5 Å². The largest absolute Gasteiger partial charge is 0.347 e. The first-order chi connectivity index (χ1) is 13.6. The van der Waals surface area contributed by atoms with Crippen LogP contribution in [0.1, 0.15) is 24.5 Å². The number of aryl methyl sites for hydroxylation is 1. The number of para-hydroxylation sites is 1. The van der Waals surface area contributed by atoms with Crippen LogP contribution in [-0.2, 0) is 17.9 Å². The maximum Gasteiger partial charge on any atom is 0.293 e. The minimum absolute atomic E-state index is 0.247. The van der Waals surface area contributed by atoms with Gasteiger partial charge in [-0.2, -0.15) is 0 Å². The van der Waals surface area contributed by atoms with Crippen LogP contribution in [0.15, 0.2) is 59.6 Å². The van der Waals surface area contributed by atoms with Gasteiger partial charge in [0.15, 0.2) is 0 Å². The zero-order valence-corrected chi connectivity index (χ0v) is 17.0. The molecule has 4 rings (SSSR count). The van der Waals surface area contributed by atoms with Crippen LogP contribution in [-0.4, -0.2) is 20.6 Å². The molecule has 1 saturated heterocycles. The fourth-order valence-corrected chi connectivity index (χ4v) is 4.32. The molecule has 1 aromatic heterocycles. The molecule has 2 aromatic carbocycles. The minimum atomic E-state index is -0.253. The molecule has 1 fully saturated rings. The molecule has 142 valence electrons. The average Bonchev–Trinajstić information content (AvgIpc) is 3.17. The minimum Gasteiger partial charge on any atom is -0.347 e. The van der Waals surface area contributed by atoms with E-state index in [1.165, 1.54) is 4.90 Å². The number of nitrogens with zero attached hydrogens (tertiary/aromatic N) is 2. The van der Waals surface area contributed by atoms with E-state index in [9.17, 15) is 9.59 Å². The van der Waals surface area contributed by atoms with Crippen molar-refractivity contribution in [2.75, 3.05) is 0 Å². The summed E-state index contributed by atoms with van der Waals surface area (Å²) in [7, 11) is 0. The number of hydrogen-bond acceptors (Lipinski definition) is 3. The summed E-state index contributed by atoms with van der Waals surface area (Å²) in [5.74, 6) is -0.253. The van der Waals surface area contributed by atoms with Crippen molar-refractivity contribution in [1.29, 1.82) is 0 Å². The van der Waals surface area contributed by atoms with Gasteiger partial charge in [0.1, 0.15) is 0 Å². The van der Waals surface area contributed by atoms with Crippen molar-refractivity contribution in [2.24, 2.45) is 0 Å². The van der Waals surface area contributed by atoms with E-state index in [0.29, 0.717) is 9.93 Å². The lowest BCUT2D eigenvalue weighted by molar-refractivity contribution is -0.123. The molecule has 0 spiro atoms. The second kappa shape index (κ2) is 7.86. The van der Waals surface area contributed by atoms with Crippen LogP contribution >= 0.6 is 23.4 Å². The average molecular weight is 411 g/mol. The Morgan fingerprint density at radius 1 is 1.07 bits per heavy atom. The number of hydrogen-bond donors (Lipinski definition) is 0. The molecule has 1 aliphatic rings. The highest BCUT2D eigenvalue weighted by Gasteiger charge is 2.35. The van der Waals surface area contributed by atoms with Crippen LogP contribution in [0.4, 0.5) is 4.79 Å². The molecule has 0 aliphatic carbocycles. The summed E-state index contributed by atoms with van der Waals surface area (Å²) in [6.07, 6.45) is 4.91. The molecule has 0 saturated carbocycles. The van der Waals surface area contributed by atoms with Gasteiger partial charge in [-0.15, -0.1) is 0 Å². The number of benzene rings is 2. The van der Waals surface area contributed by atoms with Gasteiger partial charge < -0.3 is 4.57 Å². The standard InChI is InChI=1S/C22H19ClN2O2S/c1-2-11-24-14-16(18-5-3-4-6-19(18)24)12-20-21(26)25(22(27)28-20)13-15-7-9-17(23)10-8-15/h3-10,12,14H,2,11,13H2,1H3/b20-12-. The van der Waals surface area contributed by atoms with E-state index in [-0.39, 0.29) is 17.7 Å². The van der Waals surface area contributed by atoms with Gasteiger partial charge >= 0.3 is 0 Å². The van der Waals surface area contributed by atoms with Crippen LogP contribution in [0.5, 0.6) is 0 Å². The van der Waals surface area contributed by atoms with Gasteiger partial charge in [0.25, 0.3) is 11.1 Å². The second-order valence-electron chi connectivity index (χ2n) is 6.69. The SMILES string of the molecule is CCCn1cc(/C=C2\SC(=O)N(Cc3ccc(Cl)cc3)C2=O)c2ccccc21. The predicted octanol–water partition coefficient (Wildman–Crippen LogP) is 5.94. The number of thioether (sulfide) groups is 1. The van der Waals surface area contributed by atoms with Gasteiger partial charge in [-0.05, 0) is 48.0 Å². The molecule has 2 heterocycles. The van der Waals surface area contributed by atoms with Crippen molar-refractivity contribution >= 4 is 51.5 Å². The van der Waals surface area contributed by atoms with Gasteiger partial charge in [-0.25, -0.2) is 0 Å². The van der Waals surface area contributed by atoms with Crippen LogP contribution < -0.4 is 0 Å². The predicted molar refractivity (Wildman–Crippen MR) is 115 cm³/mol. The monoisotopic (exact) mass is 410 g/mol. The maximum absolute atomic E-state index is 12.8.